The molecule has 0 radical (unpaired) electrons. The molecule has 6 nitrogen and oxygen atoms in total. The van der Waals surface area contributed by atoms with Gasteiger partial charge in [0.2, 0.25) is 5.91 Å². The molecule has 4 rings (SSSR count). The van der Waals surface area contributed by atoms with E-state index in [9.17, 15) is 4.79 Å². The van der Waals surface area contributed by atoms with Crippen LogP contribution in [-0.2, 0) is 11.2 Å². The minimum Gasteiger partial charge on any atom is -0.352 e. The molecule has 1 saturated heterocycles. The Morgan fingerprint density at radius 3 is 2.75 bits per heavy atom. The van der Waals surface area contributed by atoms with Crippen LogP contribution in [0.15, 0.2) is 29.3 Å². The fourth-order valence-electron chi connectivity index (χ4n) is 4.75. The third-order valence-electron chi connectivity index (χ3n) is 6.22. The first-order valence-corrected chi connectivity index (χ1v) is 10.3. The van der Waals surface area contributed by atoms with Gasteiger partial charge in [-0.15, -0.1) is 24.0 Å². The highest BCUT2D eigenvalue weighted by molar-refractivity contribution is 14.0. The molecule has 1 aliphatic carbocycles. The molecule has 1 atom stereocenters. The van der Waals surface area contributed by atoms with E-state index in [1.807, 2.05) is 23.1 Å². The van der Waals surface area contributed by atoms with Crippen molar-refractivity contribution >= 4 is 41.5 Å². The Kier molecular flexibility index (Phi) is 7.56. The van der Waals surface area contributed by atoms with Crippen molar-refractivity contribution < 1.29 is 4.79 Å². The van der Waals surface area contributed by atoms with E-state index in [4.69, 9.17) is 0 Å². The zero-order chi connectivity index (χ0) is 18.6. The van der Waals surface area contributed by atoms with Gasteiger partial charge in [0.15, 0.2) is 5.96 Å². The predicted octanol–water partition coefficient (Wildman–Crippen LogP) is 2.38. The monoisotopic (exact) mass is 497 g/mol. The molecule has 0 spiro atoms. The maximum Gasteiger partial charge on any atom is 0.246 e. The molecule has 154 valence electrons. The second kappa shape index (κ2) is 9.91. The van der Waals surface area contributed by atoms with Gasteiger partial charge in [0.25, 0.3) is 0 Å². The van der Waals surface area contributed by atoms with Gasteiger partial charge in [-0.1, -0.05) is 31.0 Å². The lowest BCUT2D eigenvalue weighted by Crippen LogP contribution is -2.48. The zero-order valence-corrected chi connectivity index (χ0v) is 19.0. The van der Waals surface area contributed by atoms with Crippen LogP contribution in [0.1, 0.15) is 37.7 Å². The average Bonchev–Trinajstić information content (AvgIpc) is 3.44. The molecule has 1 amide bonds. The summed E-state index contributed by atoms with van der Waals surface area (Å²) >= 11 is 0. The molecule has 1 aromatic carbocycles. The number of aliphatic imine (C=N–C) groups is 1. The van der Waals surface area contributed by atoms with E-state index < -0.39 is 0 Å². The highest BCUT2D eigenvalue weighted by atomic mass is 127. The first-order valence-electron chi connectivity index (χ1n) is 10.3. The second-order valence-electron chi connectivity index (χ2n) is 7.91. The summed E-state index contributed by atoms with van der Waals surface area (Å²) in [5.74, 6) is 0.830. The van der Waals surface area contributed by atoms with Crippen molar-refractivity contribution in [1.82, 2.24) is 15.5 Å². The summed E-state index contributed by atoms with van der Waals surface area (Å²) in [4.78, 5) is 21.5. The Balaban J connectivity index is 0.00000225. The molecule has 0 bridgehead atoms. The van der Waals surface area contributed by atoms with Crippen LogP contribution in [0, 0.1) is 0 Å². The number of halogens is 1. The number of nitrogens with zero attached hydrogens (tertiary/aromatic N) is 3. The molecule has 2 aliphatic heterocycles. The van der Waals surface area contributed by atoms with Gasteiger partial charge in [-0.2, -0.15) is 0 Å². The van der Waals surface area contributed by atoms with E-state index in [0.29, 0.717) is 6.04 Å². The van der Waals surface area contributed by atoms with E-state index in [2.05, 4.69) is 26.6 Å². The molecule has 7 heteroatoms. The number of hydrogen-bond donors (Lipinski definition) is 2. The van der Waals surface area contributed by atoms with Gasteiger partial charge in [-0.25, -0.2) is 0 Å². The Labute approximate surface area is 185 Å². The maximum atomic E-state index is 12.7. The molecule has 1 saturated carbocycles. The lowest BCUT2D eigenvalue weighted by molar-refractivity contribution is -0.117. The number of amides is 1. The normalized spacial score (nSPS) is 22.8. The standard InChI is InChI=1S/C21H31N5O.HI/c1-22-21(24-17-11-12-25(15-17)18-7-3-4-8-18)23-14-20(27)26-13-10-16-6-2-5-9-19(16)26;/h2,5-6,9,17-18H,3-4,7-8,10-15H2,1H3,(H2,22,23,24);1H. The van der Waals surface area contributed by atoms with E-state index in [1.54, 1.807) is 7.05 Å². The van der Waals surface area contributed by atoms with Crippen molar-refractivity contribution in [3.63, 3.8) is 0 Å². The maximum absolute atomic E-state index is 12.7. The minimum absolute atomic E-state index is 0. The second-order valence-corrected chi connectivity index (χ2v) is 7.91. The van der Waals surface area contributed by atoms with Crippen LogP contribution in [0.3, 0.4) is 0 Å². The van der Waals surface area contributed by atoms with Crippen molar-refractivity contribution in [2.24, 2.45) is 4.99 Å². The van der Waals surface area contributed by atoms with Gasteiger partial charge >= 0.3 is 0 Å². The number of benzene rings is 1. The molecule has 1 unspecified atom stereocenters. The number of carbonyl (C=O) groups excluding carboxylic acids is 1. The third kappa shape index (κ3) is 4.79. The lowest BCUT2D eigenvalue weighted by Gasteiger charge is -2.24. The predicted molar refractivity (Wildman–Crippen MR) is 125 cm³/mol. The number of nitrogens with one attached hydrogen (secondary N) is 2. The first-order chi connectivity index (χ1) is 13.2. The Bertz CT molecular complexity index is 704. The van der Waals surface area contributed by atoms with E-state index in [-0.39, 0.29) is 36.4 Å². The summed E-state index contributed by atoms with van der Waals surface area (Å²) in [7, 11) is 1.77. The largest absolute Gasteiger partial charge is 0.352 e. The molecule has 1 aromatic rings. The van der Waals surface area contributed by atoms with E-state index in [0.717, 1.165) is 43.6 Å². The number of para-hydroxylation sites is 1. The van der Waals surface area contributed by atoms with Crippen LogP contribution in [0.4, 0.5) is 5.69 Å². The molecule has 2 fully saturated rings. The summed E-state index contributed by atoms with van der Waals surface area (Å²) in [6, 6.07) is 9.36. The highest BCUT2D eigenvalue weighted by Gasteiger charge is 2.30. The Morgan fingerprint density at radius 1 is 1.18 bits per heavy atom. The van der Waals surface area contributed by atoms with Gasteiger partial charge in [-0.3, -0.25) is 14.7 Å². The fourth-order valence-corrected chi connectivity index (χ4v) is 4.75. The van der Waals surface area contributed by atoms with Crippen LogP contribution >= 0.6 is 24.0 Å². The number of carbonyl (C=O) groups is 1. The van der Waals surface area contributed by atoms with Crippen molar-refractivity contribution in [2.45, 2.75) is 50.6 Å². The van der Waals surface area contributed by atoms with Crippen LogP contribution in [-0.4, -0.2) is 62.1 Å². The van der Waals surface area contributed by atoms with Crippen LogP contribution < -0.4 is 15.5 Å². The third-order valence-corrected chi connectivity index (χ3v) is 6.22. The summed E-state index contributed by atoms with van der Waals surface area (Å²) in [6.07, 6.45) is 7.55. The number of likely N-dealkylation sites (tertiary alicyclic amines) is 1. The molecule has 2 heterocycles. The fraction of sp³-hybridized carbons (Fsp3) is 0.619. The zero-order valence-electron chi connectivity index (χ0n) is 16.7. The summed E-state index contributed by atoms with van der Waals surface area (Å²) < 4.78 is 0. The summed E-state index contributed by atoms with van der Waals surface area (Å²) in [6.45, 7) is 3.29. The van der Waals surface area contributed by atoms with Crippen molar-refractivity contribution in [2.75, 3.05) is 38.1 Å². The number of rotatable bonds is 4. The smallest absolute Gasteiger partial charge is 0.246 e. The Morgan fingerprint density at radius 2 is 1.96 bits per heavy atom. The minimum atomic E-state index is 0. The molecular weight excluding hydrogens is 465 g/mol. The SMILES string of the molecule is CN=C(NCC(=O)N1CCc2ccccc21)NC1CCN(C2CCCC2)C1.I. The molecular formula is C21H32IN5O. The van der Waals surface area contributed by atoms with Crippen molar-refractivity contribution in [3.05, 3.63) is 29.8 Å². The van der Waals surface area contributed by atoms with Crippen LogP contribution in [0.2, 0.25) is 0 Å². The summed E-state index contributed by atoms with van der Waals surface area (Å²) in [5, 5.41) is 6.73. The van der Waals surface area contributed by atoms with Gasteiger partial charge in [0, 0.05) is 44.5 Å². The van der Waals surface area contributed by atoms with E-state index in [1.165, 1.54) is 37.8 Å². The quantitative estimate of drug-likeness (QED) is 0.381. The highest BCUT2D eigenvalue weighted by Crippen LogP contribution is 2.27. The lowest BCUT2D eigenvalue weighted by atomic mass is 10.2. The molecule has 2 N–H and O–H groups in total. The van der Waals surface area contributed by atoms with Crippen molar-refractivity contribution in [3.8, 4) is 0 Å². The number of guanidine groups is 1. The molecule has 3 aliphatic rings. The van der Waals surface area contributed by atoms with Crippen LogP contribution in [0.5, 0.6) is 0 Å². The summed E-state index contributed by atoms with van der Waals surface area (Å²) in [5.41, 5.74) is 2.31. The number of anilines is 1. The number of hydrogen-bond acceptors (Lipinski definition) is 3. The van der Waals surface area contributed by atoms with Gasteiger partial charge in [-0.05, 0) is 37.3 Å². The van der Waals surface area contributed by atoms with E-state index >= 15 is 0 Å². The van der Waals surface area contributed by atoms with Crippen molar-refractivity contribution in [1.29, 1.82) is 0 Å². The average molecular weight is 497 g/mol. The van der Waals surface area contributed by atoms with Gasteiger partial charge in [0.1, 0.15) is 0 Å². The van der Waals surface area contributed by atoms with Crippen LogP contribution in [0.25, 0.3) is 0 Å². The molecule has 0 aromatic heterocycles. The van der Waals surface area contributed by atoms with Gasteiger partial charge in [0.05, 0.1) is 6.54 Å². The Hall–Kier alpha value is -1.35. The topological polar surface area (TPSA) is 60.0 Å². The number of fused-ring (bicyclic) bond motifs is 1. The first kappa shape index (κ1) is 21.4. The van der Waals surface area contributed by atoms with Gasteiger partial charge < -0.3 is 15.5 Å². The molecule has 28 heavy (non-hydrogen) atoms.